The van der Waals surface area contributed by atoms with Gasteiger partial charge in [0.2, 0.25) is 5.95 Å². The van der Waals surface area contributed by atoms with Crippen molar-refractivity contribution >= 4 is 21.7 Å². The van der Waals surface area contributed by atoms with Crippen molar-refractivity contribution in [2.45, 2.75) is 32.1 Å². The van der Waals surface area contributed by atoms with E-state index in [0.717, 1.165) is 11.1 Å². The number of benzene rings is 1. The van der Waals surface area contributed by atoms with Crippen molar-refractivity contribution in [2.24, 2.45) is 0 Å². The Morgan fingerprint density at radius 3 is 2.35 bits per heavy atom. The molecule has 3 atom stereocenters. The summed E-state index contributed by atoms with van der Waals surface area (Å²) in [5, 5.41) is 28.9. The first kappa shape index (κ1) is 28.7. The molecular weight excluding hydrogens is 530 g/mol. The van der Waals surface area contributed by atoms with Crippen LogP contribution in [-0.2, 0) is 4.74 Å². The number of aliphatic hydroxyl groups is 1. The molecule has 0 amide bonds. The standard InChI is InChI=1S/C28H31N7O4S/c1-17-12-21(16-30-14-17)27-32-33-28(35(27)25-23(37-4)8-7-9-24(25)38-5)34-40(19(3)36)18(2)26(39-6)22-11-10-20(13-29)15-31-22/h7-12,14-16,18,26,36H,1-6H3,(H,33,34)/t18-,26-,40?/m0/s1. The van der Waals surface area contributed by atoms with E-state index in [2.05, 4.69) is 31.0 Å². The van der Waals surface area contributed by atoms with Crippen LogP contribution in [-0.4, -0.2) is 61.5 Å². The summed E-state index contributed by atoms with van der Waals surface area (Å²) in [6, 6.07) is 13.0. The van der Waals surface area contributed by atoms with E-state index in [1.54, 1.807) is 57.3 Å². The highest BCUT2D eigenvalue weighted by Crippen LogP contribution is 2.40. The minimum atomic E-state index is -0.987. The molecule has 208 valence electrons. The van der Waals surface area contributed by atoms with E-state index in [-0.39, 0.29) is 10.3 Å². The number of aryl methyl sites for hydroxylation is 1. The number of nitrogens with zero attached hydrogens (tertiary/aromatic N) is 6. The Kier molecular flexibility index (Phi) is 9.11. The summed E-state index contributed by atoms with van der Waals surface area (Å²) in [5.41, 5.74) is 3.36. The van der Waals surface area contributed by atoms with Gasteiger partial charge < -0.3 is 24.0 Å². The van der Waals surface area contributed by atoms with Gasteiger partial charge in [-0.15, -0.1) is 10.2 Å². The van der Waals surface area contributed by atoms with Gasteiger partial charge in [-0.05, 0) is 56.7 Å². The molecule has 0 spiro atoms. The number of nitriles is 1. The van der Waals surface area contributed by atoms with Crippen molar-refractivity contribution in [1.82, 2.24) is 24.7 Å². The smallest absolute Gasteiger partial charge is 0.239 e. The van der Waals surface area contributed by atoms with Crippen LogP contribution < -0.4 is 14.2 Å². The molecule has 1 unspecified atom stereocenters. The zero-order valence-electron chi connectivity index (χ0n) is 23.1. The molecule has 40 heavy (non-hydrogen) atoms. The molecule has 3 heterocycles. The number of para-hydroxylation sites is 1. The lowest BCUT2D eigenvalue weighted by molar-refractivity contribution is 0.101. The Labute approximate surface area is 235 Å². The maximum atomic E-state index is 10.9. The Balaban J connectivity index is 1.86. The second kappa shape index (κ2) is 12.7. The zero-order chi connectivity index (χ0) is 28.8. The summed E-state index contributed by atoms with van der Waals surface area (Å²) in [4.78, 5) is 8.76. The second-order valence-corrected chi connectivity index (χ2v) is 11.1. The number of aliphatic hydroxyl groups excluding tert-OH is 1. The Morgan fingerprint density at radius 1 is 1.07 bits per heavy atom. The lowest BCUT2D eigenvalue weighted by atomic mass is 10.1. The van der Waals surface area contributed by atoms with Crippen molar-refractivity contribution in [3.63, 3.8) is 0 Å². The average molecular weight is 562 g/mol. The van der Waals surface area contributed by atoms with Crippen LogP contribution in [0.1, 0.15) is 36.8 Å². The van der Waals surface area contributed by atoms with Gasteiger partial charge in [0.15, 0.2) is 5.82 Å². The van der Waals surface area contributed by atoms with Gasteiger partial charge in [0.05, 0.1) is 30.5 Å². The normalized spacial score (nSPS) is 13.6. The summed E-state index contributed by atoms with van der Waals surface area (Å²) >= 11 is 0. The number of rotatable bonds is 10. The molecule has 12 heteroatoms. The molecular formula is C28H31N7O4S. The first-order chi connectivity index (χ1) is 19.3. The molecule has 0 aliphatic heterocycles. The minimum Gasteiger partial charge on any atom is -0.494 e. The van der Waals surface area contributed by atoms with Crippen molar-refractivity contribution in [1.29, 1.82) is 5.26 Å². The van der Waals surface area contributed by atoms with Gasteiger partial charge in [-0.3, -0.25) is 14.5 Å². The van der Waals surface area contributed by atoms with Gasteiger partial charge in [0, 0.05) is 36.5 Å². The maximum absolute atomic E-state index is 10.9. The summed E-state index contributed by atoms with van der Waals surface area (Å²) < 4.78 is 22.4. The van der Waals surface area contributed by atoms with Gasteiger partial charge >= 0.3 is 0 Å². The van der Waals surface area contributed by atoms with Gasteiger partial charge in [0.25, 0.3) is 0 Å². The number of methoxy groups -OCH3 is 3. The lowest BCUT2D eigenvalue weighted by Crippen LogP contribution is -2.22. The highest BCUT2D eigenvalue weighted by Gasteiger charge is 2.28. The van der Waals surface area contributed by atoms with Crippen molar-refractivity contribution in [2.75, 3.05) is 26.1 Å². The first-order valence-electron chi connectivity index (χ1n) is 12.3. The van der Waals surface area contributed by atoms with Crippen molar-refractivity contribution in [3.05, 3.63) is 71.8 Å². The predicted molar refractivity (Wildman–Crippen MR) is 155 cm³/mol. The molecule has 0 aliphatic rings. The largest absolute Gasteiger partial charge is 0.494 e. The van der Waals surface area contributed by atoms with Crippen LogP contribution in [0, 0.1) is 18.3 Å². The zero-order valence-corrected chi connectivity index (χ0v) is 23.9. The van der Waals surface area contributed by atoms with E-state index in [1.165, 1.54) is 6.20 Å². The molecule has 0 saturated heterocycles. The van der Waals surface area contributed by atoms with E-state index in [0.29, 0.717) is 40.2 Å². The second-order valence-electron chi connectivity index (χ2n) is 8.85. The number of anilines is 1. The predicted octanol–water partition coefficient (Wildman–Crippen LogP) is 5.00. The molecule has 4 rings (SSSR count). The molecule has 11 nitrogen and oxygen atoms in total. The van der Waals surface area contributed by atoms with E-state index in [9.17, 15) is 5.11 Å². The summed E-state index contributed by atoms with van der Waals surface area (Å²) in [6.07, 6.45) is 4.48. The van der Waals surface area contributed by atoms with Crippen LogP contribution in [0.4, 0.5) is 5.95 Å². The Morgan fingerprint density at radius 2 is 1.80 bits per heavy atom. The average Bonchev–Trinajstić information content (AvgIpc) is 3.39. The quantitative estimate of drug-likeness (QED) is 0.254. The molecule has 1 aromatic carbocycles. The van der Waals surface area contributed by atoms with Crippen LogP contribution in [0.15, 0.2) is 55.0 Å². The van der Waals surface area contributed by atoms with E-state index >= 15 is 0 Å². The van der Waals surface area contributed by atoms with Crippen LogP contribution in [0.2, 0.25) is 0 Å². The third kappa shape index (κ3) is 5.81. The molecule has 2 N–H and O–H groups in total. The molecule has 4 aromatic rings. The van der Waals surface area contributed by atoms with E-state index in [4.69, 9.17) is 19.5 Å². The van der Waals surface area contributed by atoms with Gasteiger partial charge in [-0.2, -0.15) is 5.26 Å². The number of hydrogen-bond donors (Lipinski definition) is 2. The molecule has 0 bridgehead atoms. The Bertz CT molecular complexity index is 1540. The molecule has 3 aromatic heterocycles. The third-order valence-corrected chi connectivity index (χ3v) is 8.23. The van der Waals surface area contributed by atoms with Crippen LogP contribution in [0.5, 0.6) is 11.5 Å². The van der Waals surface area contributed by atoms with Crippen molar-refractivity contribution in [3.8, 4) is 34.6 Å². The maximum Gasteiger partial charge on any atom is 0.239 e. The Hall–Kier alpha value is -4.31. The van der Waals surface area contributed by atoms with Crippen LogP contribution >= 0.6 is 10.7 Å². The van der Waals surface area contributed by atoms with Gasteiger partial charge in [-0.1, -0.05) is 16.7 Å². The molecule has 0 saturated carbocycles. The number of hydrogen-bond acceptors (Lipinski definition) is 9. The molecule has 0 aliphatic carbocycles. The monoisotopic (exact) mass is 561 g/mol. The highest BCUT2D eigenvalue weighted by atomic mass is 32.2. The molecule has 0 radical (unpaired) electrons. The van der Waals surface area contributed by atoms with Crippen LogP contribution in [0.3, 0.4) is 0 Å². The SMILES string of the molecule is COc1cccc(OC)c1-n1c(N/S(=C(\C)O)[C@@H](C)[C@H](OC)c2ccc(C#N)cn2)nnc1-c1cncc(C)c1. The highest BCUT2D eigenvalue weighted by molar-refractivity contribution is 8.17. The fourth-order valence-corrected chi connectivity index (χ4v) is 6.03. The lowest BCUT2D eigenvalue weighted by Gasteiger charge is -2.27. The number of aromatic nitrogens is 5. The molecule has 0 fully saturated rings. The number of pyridine rings is 2. The minimum absolute atomic E-state index is 0.142. The summed E-state index contributed by atoms with van der Waals surface area (Å²) in [6.45, 7) is 5.52. The third-order valence-electron chi connectivity index (χ3n) is 6.20. The fourth-order valence-electron chi connectivity index (χ4n) is 4.33. The topological polar surface area (TPSA) is 140 Å². The van der Waals surface area contributed by atoms with E-state index < -0.39 is 16.8 Å². The number of nitrogens with one attached hydrogen (secondary N) is 1. The fraction of sp³-hybridized carbons (Fsp3) is 0.286. The van der Waals surface area contributed by atoms with E-state index in [1.807, 2.05) is 38.1 Å². The summed E-state index contributed by atoms with van der Waals surface area (Å²) in [5.74, 6) is 1.94. The van der Waals surface area contributed by atoms with Crippen LogP contribution in [0.25, 0.3) is 17.1 Å². The first-order valence-corrected chi connectivity index (χ1v) is 13.6. The summed E-state index contributed by atoms with van der Waals surface area (Å²) in [7, 11) is 3.76. The number of ether oxygens (including phenoxy) is 3. The van der Waals surface area contributed by atoms with Gasteiger partial charge in [0.1, 0.15) is 29.4 Å². The van der Waals surface area contributed by atoms with Crippen molar-refractivity contribution < 1.29 is 19.3 Å². The van der Waals surface area contributed by atoms with Gasteiger partial charge in [-0.25, -0.2) is 0 Å².